The minimum atomic E-state index is -0.638. The molecule has 0 aromatic carbocycles. The van der Waals surface area contributed by atoms with Crippen molar-refractivity contribution in [2.45, 2.75) is 52.1 Å². The van der Waals surface area contributed by atoms with Crippen LogP contribution < -0.4 is 10.6 Å². The molecule has 0 radical (unpaired) electrons. The van der Waals surface area contributed by atoms with Gasteiger partial charge in [-0.3, -0.25) is 19.3 Å². The Morgan fingerprint density at radius 2 is 2.18 bits per heavy atom. The molecule has 126 valence electrons. The summed E-state index contributed by atoms with van der Waals surface area (Å²) in [5, 5.41) is 5.52. The molecule has 0 spiro atoms. The van der Waals surface area contributed by atoms with E-state index in [0.717, 1.165) is 12.8 Å². The quantitative estimate of drug-likeness (QED) is 0.488. The first kappa shape index (κ1) is 18.4. The highest BCUT2D eigenvalue weighted by atomic mass is 16.5. The van der Waals surface area contributed by atoms with Crippen molar-refractivity contribution >= 4 is 17.8 Å². The van der Waals surface area contributed by atoms with E-state index in [1.54, 1.807) is 4.90 Å². The molecule has 1 rings (SSSR count). The molecule has 7 heteroatoms. The van der Waals surface area contributed by atoms with Gasteiger partial charge in [0.1, 0.15) is 6.04 Å². The van der Waals surface area contributed by atoms with E-state index >= 15 is 0 Å². The van der Waals surface area contributed by atoms with Gasteiger partial charge in [-0.05, 0) is 20.3 Å². The number of rotatable bonds is 8. The topological polar surface area (TPSA) is 87.7 Å². The molecular formula is C15H27N3O4. The molecule has 1 atom stereocenters. The summed E-state index contributed by atoms with van der Waals surface area (Å²) in [5.74, 6) is -0.769. The SMILES string of the molecule is CCCCOC(=O)CC1C(=O)NCCN1CC(=O)NC(C)C. The number of carbonyl (C=O) groups is 3. The van der Waals surface area contributed by atoms with Crippen LogP contribution in [0.4, 0.5) is 0 Å². The van der Waals surface area contributed by atoms with E-state index in [4.69, 9.17) is 4.74 Å². The van der Waals surface area contributed by atoms with Crippen molar-refractivity contribution < 1.29 is 19.1 Å². The van der Waals surface area contributed by atoms with Crippen molar-refractivity contribution in [3.63, 3.8) is 0 Å². The maximum Gasteiger partial charge on any atom is 0.307 e. The first-order valence-electron chi connectivity index (χ1n) is 7.90. The third-order valence-corrected chi connectivity index (χ3v) is 3.36. The van der Waals surface area contributed by atoms with E-state index in [1.165, 1.54) is 0 Å². The fraction of sp³-hybridized carbons (Fsp3) is 0.800. The molecule has 22 heavy (non-hydrogen) atoms. The second-order valence-corrected chi connectivity index (χ2v) is 5.78. The van der Waals surface area contributed by atoms with E-state index in [-0.39, 0.29) is 30.8 Å². The third-order valence-electron chi connectivity index (χ3n) is 3.36. The van der Waals surface area contributed by atoms with Crippen LogP contribution >= 0.6 is 0 Å². The molecule has 2 amide bonds. The van der Waals surface area contributed by atoms with Crippen LogP contribution in [0.2, 0.25) is 0 Å². The molecule has 1 fully saturated rings. The molecule has 7 nitrogen and oxygen atoms in total. The summed E-state index contributed by atoms with van der Waals surface area (Å²) in [6.07, 6.45) is 1.73. The molecule has 1 unspecified atom stereocenters. The van der Waals surface area contributed by atoms with Crippen LogP contribution in [0.25, 0.3) is 0 Å². The van der Waals surface area contributed by atoms with Crippen LogP contribution in [0.3, 0.4) is 0 Å². The van der Waals surface area contributed by atoms with E-state index in [2.05, 4.69) is 10.6 Å². The number of hydrogen-bond acceptors (Lipinski definition) is 5. The number of esters is 1. The summed E-state index contributed by atoms with van der Waals surface area (Å²) < 4.78 is 5.11. The highest BCUT2D eigenvalue weighted by Crippen LogP contribution is 2.10. The van der Waals surface area contributed by atoms with Gasteiger partial charge in [0.15, 0.2) is 0 Å². The Kier molecular flexibility index (Phi) is 7.87. The summed E-state index contributed by atoms with van der Waals surface area (Å²) in [6, 6.07) is -0.593. The average molecular weight is 313 g/mol. The van der Waals surface area contributed by atoms with Crippen LogP contribution in [0.1, 0.15) is 40.0 Å². The van der Waals surface area contributed by atoms with E-state index < -0.39 is 12.0 Å². The van der Waals surface area contributed by atoms with Crippen molar-refractivity contribution in [1.29, 1.82) is 0 Å². The summed E-state index contributed by atoms with van der Waals surface area (Å²) in [5.41, 5.74) is 0. The maximum atomic E-state index is 12.0. The fourth-order valence-corrected chi connectivity index (χ4v) is 2.27. The van der Waals surface area contributed by atoms with Gasteiger partial charge in [-0.2, -0.15) is 0 Å². The molecule has 0 saturated carbocycles. The van der Waals surface area contributed by atoms with E-state index in [9.17, 15) is 14.4 Å². The summed E-state index contributed by atoms with van der Waals surface area (Å²) in [4.78, 5) is 37.4. The minimum absolute atomic E-state index is 0.0233. The molecule has 1 heterocycles. The van der Waals surface area contributed by atoms with Crippen molar-refractivity contribution in [1.82, 2.24) is 15.5 Å². The Morgan fingerprint density at radius 3 is 2.82 bits per heavy atom. The fourth-order valence-electron chi connectivity index (χ4n) is 2.27. The lowest BCUT2D eigenvalue weighted by molar-refractivity contribution is -0.149. The second kappa shape index (κ2) is 9.40. The van der Waals surface area contributed by atoms with Crippen LogP contribution in [0, 0.1) is 0 Å². The maximum absolute atomic E-state index is 12.0. The highest BCUT2D eigenvalue weighted by molar-refractivity contribution is 5.88. The molecule has 1 saturated heterocycles. The smallest absolute Gasteiger partial charge is 0.307 e. The van der Waals surface area contributed by atoms with Gasteiger partial charge in [0, 0.05) is 19.1 Å². The molecule has 2 N–H and O–H groups in total. The first-order chi connectivity index (χ1) is 10.4. The summed E-state index contributed by atoms with van der Waals surface area (Å²) in [7, 11) is 0. The van der Waals surface area contributed by atoms with Gasteiger partial charge in [0.05, 0.1) is 19.6 Å². The zero-order chi connectivity index (χ0) is 16.5. The van der Waals surface area contributed by atoms with Gasteiger partial charge in [-0.15, -0.1) is 0 Å². The zero-order valence-electron chi connectivity index (χ0n) is 13.7. The number of carbonyl (C=O) groups excluding carboxylic acids is 3. The normalized spacial score (nSPS) is 18.9. The highest BCUT2D eigenvalue weighted by Gasteiger charge is 2.33. The number of unbranched alkanes of at least 4 members (excludes halogenated alkanes) is 1. The summed E-state index contributed by atoms with van der Waals surface area (Å²) in [6.45, 7) is 7.28. The van der Waals surface area contributed by atoms with Crippen LogP contribution in [-0.4, -0.2) is 61.0 Å². The molecule has 1 aliphatic rings. The van der Waals surface area contributed by atoms with Gasteiger partial charge in [0.2, 0.25) is 11.8 Å². The molecule has 0 aromatic rings. The third kappa shape index (κ3) is 6.43. The van der Waals surface area contributed by atoms with Crippen LogP contribution in [0.15, 0.2) is 0 Å². The lowest BCUT2D eigenvalue weighted by Gasteiger charge is -2.34. The standard InChI is InChI=1S/C15H27N3O4/c1-4-5-8-22-14(20)9-12-15(21)16-6-7-18(12)10-13(19)17-11(2)3/h11-12H,4-10H2,1-3H3,(H,16,21)(H,17,19). The van der Waals surface area contributed by atoms with Crippen LogP contribution in [0.5, 0.6) is 0 Å². The number of piperazine rings is 1. The monoisotopic (exact) mass is 313 g/mol. The van der Waals surface area contributed by atoms with Gasteiger partial charge in [-0.25, -0.2) is 0 Å². The van der Waals surface area contributed by atoms with Gasteiger partial charge in [0.25, 0.3) is 0 Å². The van der Waals surface area contributed by atoms with E-state index in [1.807, 2.05) is 20.8 Å². The number of nitrogens with one attached hydrogen (secondary N) is 2. The largest absolute Gasteiger partial charge is 0.466 e. The Labute approximate surface area is 131 Å². The van der Waals surface area contributed by atoms with Crippen LogP contribution in [-0.2, 0) is 19.1 Å². The average Bonchev–Trinajstić information content (AvgIpc) is 2.42. The predicted molar refractivity (Wildman–Crippen MR) is 82.1 cm³/mol. The van der Waals surface area contributed by atoms with Gasteiger partial charge in [-0.1, -0.05) is 13.3 Å². The summed E-state index contributed by atoms with van der Waals surface area (Å²) >= 11 is 0. The molecular weight excluding hydrogens is 286 g/mol. The second-order valence-electron chi connectivity index (χ2n) is 5.78. The Hall–Kier alpha value is -1.63. The lowest BCUT2D eigenvalue weighted by Crippen LogP contribution is -2.58. The molecule has 0 aliphatic carbocycles. The van der Waals surface area contributed by atoms with Gasteiger partial charge < -0.3 is 15.4 Å². The molecule has 1 aliphatic heterocycles. The Morgan fingerprint density at radius 1 is 1.45 bits per heavy atom. The van der Waals surface area contributed by atoms with Crippen molar-refractivity contribution in [3.05, 3.63) is 0 Å². The molecule has 0 bridgehead atoms. The lowest BCUT2D eigenvalue weighted by atomic mass is 10.1. The van der Waals surface area contributed by atoms with Crippen molar-refractivity contribution in [2.75, 3.05) is 26.2 Å². The molecule has 0 aromatic heterocycles. The predicted octanol–water partition coefficient (Wildman–Crippen LogP) is 0.0448. The number of amides is 2. The van der Waals surface area contributed by atoms with Crippen molar-refractivity contribution in [3.8, 4) is 0 Å². The number of ether oxygens (including phenoxy) is 1. The number of nitrogens with zero attached hydrogens (tertiary/aromatic N) is 1. The van der Waals surface area contributed by atoms with E-state index in [0.29, 0.717) is 19.7 Å². The first-order valence-corrected chi connectivity index (χ1v) is 7.90. The number of hydrogen-bond donors (Lipinski definition) is 2. The van der Waals surface area contributed by atoms with Crippen molar-refractivity contribution in [2.24, 2.45) is 0 Å². The zero-order valence-corrected chi connectivity index (χ0v) is 13.7. The minimum Gasteiger partial charge on any atom is -0.466 e. The Balaban J connectivity index is 2.55. The van der Waals surface area contributed by atoms with Gasteiger partial charge >= 0.3 is 5.97 Å². The Bertz CT molecular complexity index is 398.